The summed E-state index contributed by atoms with van der Waals surface area (Å²) >= 11 is 0. The zero-order valence-electron chi connectivity index (χ0n) is 19.3. The van der Waals surface area contributed by atoms with E-state index in [9.17, 15) is 13.2 Å². The fourth-order valence-electron chi connectivity index (χ4n) is 3.52. The molecule has 0 bridgehead atoms. The summed E-state index contributed by atoms with van der Waals surface area (Å²) in [7, 11) is -0.851. The van der Waals surface area contributed by atoms with E-state index in [1.54, 1.807) is 30.1 Å². The Morgan fingerprint density at radius 3 is 2.12 bits per heavy atom. The van der Waals surface area contributed by atoms with E-state index in [1.807, 2.05) is 67.6 Å². The summed E-state index contributed by atoms with van der Waals surface area (Å²) in [5.41, 5.74) is 2.77. The van der Waals surface area contributed by atoms with Crippen molar-refractivity contribution in [3.05, 3.63) is 95.6 Å². The number of carbonyl (C=O) groups is 1. The molecule has 7 heteroatoms. The van der Waals surface area contributed by atoms with E-state index in [1.165, 1.54) is 11.4 Å². The van der Waals surface area contributed by atoms with Gasteiger partial charge in [-0.3, -0.25) is 4.79 Å². The largest absolute Gasteiger partial charge is 0.495 e. The van der Waals surface area contributed by atoms with Gasteiger partial charge in [0.05, 0.1) is 13.7 Å². The SMILES string of the molecule is COc1ccc(C)cc1S(=O)(=O)N(CCc1ccccc1)CC(=O)N(C)Cc1ccccc1. The number of benzene rings is 3. The summed E-state index contributed by atoms with van der Waals surface area (Å²) in [5.74, 6) is -0.0162. The molecule has 0 aromatic heterocycles. The highest BCUT2D eigenvalue weighted by molar-refractivity contribution is 7.89. The van der Waals surface area contributed by atoms with Crippen molar-refractivity contribution < 1.29 is 17.9 Å². The van der Waals surface area contributed by atoms with E-state index in [-0.39, 0.29) is 29.6 Å². The van der Waals surface area contributed by atoms with E-state index in [2.05, 4.69) is 0 Å². The van der Waals surface area contributed by atoms with Crippen LogP contribution >= 0.6 is 0 Å². The lowest BCUT2D eigenvalue weighted by Gasteiger charge is -2.26. The van der Waals surface area contributed by atoms with E-state index >= 15 is 0 Å². The molecule has 0 spiro atoms. The zero-order valence-corrected chi connectivity index (χ0v) is 20.1. The second-order valence-electron chi connectivity index (χ2n) is 7.96. The number of aryl methyl sites for hydroxylation is 1. The number of carbonyl (C=O) groups excluding carboxylic acids is 1. The van der Waals surface area contributed by atoms with Gasteiger partial charge in [0.15, 0.2) is 0 Å². The van der Waals surface area contributed by atoms with Gasteiger partial charge in [0, 0.05) is 20.1 Å². The Bertz CT molecular complexity index is 1170. The molecule has 0 saturated heterocycles. The molecule has 3 aromatic carbocycles. The van der Waals surface area contributed by atoms with Crippen molar-refractivity contribution in [2.75, 3.05) is 27.2 Å². The van der Waals surface area contributed by atoms with Crippen LogP contribution in [0.15, 0.2) is 83.8 Å². The molecule has 0 saturated carbocycles. The van der Waals surface area contributed by atoms with Gasteiger partial charge in [0.25, 0.3) is 0 Å². The van der Waals surface area contributed by atoms with Crippen LogP contribution in [-0.2, 0) is 27.8 Å². The molecule has 0 N–H and O–H groups in total. The minimum atomic E-state index is -3.98. The summed E-state index contributed by atoms with van der Waals surface area (Å²) in [6.45, 7) is 2.15. The van der Waals surface area contributed by atoms with Crippen molar-refractivity contribution in [3.8, 4) is 5.75 Å². The smallest absolute Gasteiger partial charge is 0.247 e. The van der Waals surface area contributed by atoms with Crippen molar-refractivity contribution in [2.24, 2.45) is 0 Å². The van der Waals surface area contributed by atoms with E-state index in [4.69, 9.17) is 4.74 Å². The lowest BCUT2D eigenvalue weighted by Crippen LogP contribution is -2.42. The first-order valence-electron chi connectivity index (χ1n) is 10.8. The maximum atomic E-state index is 13.7. The third-order valence-electron chi connectivity index (χ3n) is 5.43. The number of nitrogens with zero attached hydrogens (tertiary/aromatic N) is 2. The minimum Gasteiger partial charge on any atom is -0.495 e. The van der Waals surface area contributed by atoms with E-state index in [0.29, 0.717) is 13.0 Å². The fourth-order valence-corrected chi connectivity index (χ4v) is 5.15. The quantitative estimate of drug-likeness (QED) is 0.455. The molecule has 0 heterocycles. The van der Waals surface area contributed by atoms with Gasteiger partial charge >= 0.3 is 0 Å². The molecule has 3 aromatic rings. The Kier molecular flexibility index (Phi) is 8.25. The van der Waals surface area contributed by atoms with Crippen molar-refractivity contribution in [3.63, 3.8) is 0 Å². The number of ether oxygens (including phenoxy) is 1. The molecule has 174 valence electrons. The third kappa shape index (κ3) is 6.43. The molecule has 33 heavy (non-hydrogen) atoms. The Labute approximate surface area is 196 Å². The average molecular weight is 467 g/mol. The first kappa shape index (κ1) is 24.5. The molecule has 1 amide bonds. The number of hydrogen-bond acceptors (Lipinski definition) is 4. The van der Waals surface area contributed by atoms with Crippen LogP contribution in [0.2, 0.25) is 0 Å². The Morgan fingerprint density at radius 2 is 1.52 bits per heavy atom. The number of amides is 1. The van der Waals surface area contributed by atoms with Crippen molar-refractivity contribution >= 4 is 15.9 Å². The fraction of sp³-hybridized carbons (Fsp3) is 0.269. The van der Waals surface area contributed by atoms with Gasteiger partial charge in [-0.25, -0.2) is 8.42 Å². The van der Waals surface area contributed by atoms with Gasteiger partial charge in [-0.1, -0.05) is 66.7 Å². The number of likely N-dealkylation sites (N-methyl/N-ethyl adjacent to an activating group) is 1. The average Bonchev–Trinajstić information content (AvgIpc) is 2.82. The van der Waals surface area contributed by atoms with E-state index < -0.39 is 10.0 Å². The molecule has 0 aliphatic heterocycles. The second kappa shape index (κ2) is 11.1. The van der Waals surface area contributed by atoms with E-state index in [0.717, 1.165) is 16.7 Å². The highest BCUT2D eigenvalue weighted by Gasteiger charge is 2.30. The maximum Gasteiger partial charge on any atom is 0.247 e. The number of hydrogen-bond donors (Lipinski definition) is 0. The Balaban J connectivity index is 1.87. The van der Waals surface area contributed by atoms with Crippen molar-refractivity contribution in [2.45, 2.75) is 24.8 Å². The third-order valence-corrected chi connectivity index (χ3v) is 7.30. The monoisotopic (exact) mass is 466 g/mol. The summed E-state index contributed by atoms with van der Waals surface area (Å²) < 4.78 is 33.9. The Hall–Kier alpha value is -3.16. The first-order valence-corrected chi connectivity index (χ1v) is 12.2. The highest BCUT2D eigenvalue weighted by atomic mass is 32.2. The number of rotatable bonds is 10. The summed E-state index contributed by atoms with van der Waals surface area (Å²) in [5, 5.41) is 0. The van der Waals surface area contributed by atoms with Crippen LogP contribution in [0.25, 0.3) is 0 Å². The van der Waals surface area contributed by atoms with Gasteiger partial charge in [0.1, 0.15) is 10.6 Å². The molecular formula is C26H30N2O4S. The van der Waals surface area contributed by atoms with Gasteiger partial charge in [-0.2, -0.15) is 4.31 Å². The summed E-state index contributed by atoms with van der Waals surface area (Å²) in [6, 6.07) is 24.3. The van der Waals surface area contributed by atoms with Crippen LogP contribution < -0.4 is 4.74 Å². The topological polar surface area (TPSA) is 66.9 Å². The van der Waals surface area contributed by atoms with Gasteiger partial charge in [0.2, 0.25) is 15.9 Å². The first-order chi connectivity index (χ1) is 15.8. The predicted molar refractivity (Wildman–Crippen MR) is 130 cm³/mol. The van der Waals surface area contributed by atoms with Crippen LogP contribution in [0.1, 0.15) is 16.7 Å². The maximum absolute atomic E-state index is 13.7. The predicted octanol–water partition coefficient (Wildman–Crippen LogP) is 3.90. The number of methoxy groups -OCH3 is 1. The van der Waals surface area contributed by atoms with Gasteiger partial charge in [-0.15, -0.1) is 0 Å². The van der Waals surface area contributed by atoms with Crippen LogP contribution in [0.5, 0.6) is 5.75 Å². The van der Waals surface area contributed by atoms with Crippen LogP contribution in [-0.4, -0.2) is 50.8 Å². The standard InChI is InChI=1S/C26H30N2O4S/c1-21-14-15-24(32-3)25(18-21)33(30,31)28(17-16-22-10-6-4-7-11-22)20-26(29)27(2)19-23-12-8-5-9-13-23/h4-15,18H,16-17,19-20H2,1-3H3. The van der Waals surface area contributed by atoms with Crippen LogP contribution in [0, 0.1) is 6.92 Å². The molecule has 6 nitrogen and oxygen atoms in total. The normalized spacial score (nSPS) is 11.4. The number of sulfonamides is 1. The second-order valence-corrected chi connectivity index (χ2v) is 9.87. The molecule has 0 fully saturated rings. The summed E-state index contributed by atoms with van der Waals surface area (Å²) in [6.07, 6.45) is 0.490. The molecule has 0 radical (unpaired) electrons. The summed E-state index contributed by atoms with van der Waals surface area (Å²) in [4.78, 5) is 14.7. The molecule has 0 aliphatic carbocycles. The molecule has 0 aliphatic rings. The highest BCUT2D eigenvalue weighted by Crippen LogP contribution is 2.28. The minimum absolute atomic E-state index is 0.0663. The molecular weight excluding hydrogens is 436 g/mol. The zero-order chi connectivity index (χ0) is 23.8. The lowest BCUT2D eigenvalue weighted by molar-refractivity contribution is -0.130. The molecule has 0 unspecified atom stereocenters. The molecule has 3 rings (SSSR count). The Morgan fingerprint density at radius 1 is 0.909 bits per heavy atom. The van der Waals surface area contributed by atoms with Crippen LogP contribution in [0.4, 0.5) is 0 Å². The van der Waals surface area contributed by atoms with Crippen molar-refractivity contribution in [1.29, 1.82) is 0 Å². The van der Waals surface area contributed by atoms with Gasteiger partial charge in [-0.05, 0) is 42.2 Å². The lowest BCUT2D eigenvalue weighted by atomic mass is 10.1. The van der Waals surface area contributed by atoms with Crippen LogP contribution in [0.3, 0.4) is 0 Å². The van der Waals surface area contributed by atoms with Crippen molar-refractivity contribution in [1.82, 2.24) is 9.21 Å². The molecule has 0 atom stereocenters. The van der Waals surface area contributed by atoms with Gasteiger partial charge < -0.3 is 9.64 Å².